The second-order valence-corrected chi connectivity index (χ2v) is 10.9. The highest BCUT2D eigenvalue weighted by Crippen LogP contribution is 2.47. The fraction of sp³-hybridized carbons (Fsp3) is 0.412. The Morgan fingerprint density at radius 1 is 0.902 bits per heavy atom. The van der Waals surface area contributed by atoms with Gasteiger partial charge in [-0.05, 0) is 59.2 Å². The maximum atomic E-state index is 13.6. The standard InChI is InChI=1S/C34H40N2O5/c1-4-8-22-11-13-25(14-12-22)33-31(34(38)39)27(26-15-16-28-29(19-26)41-18-17-40-28)20-36(33)21-30(37)35-32-23(5-2)9-7-10-24(32)6-3/h7,9-16,19,27,31,33H,4-6,8,17-18,20-21H2,1-3H3,(H,35,37)(H,38,39)/t27-,31?,33+/m1/s1. The molecule has 0 bridgehead atoms. The number of hydrogen-bond acceptors (Lipinski definition) is 5. The molecule has 2 aliphatic rings. The zero-order valence-electron chi connectivity index (χ0n) is 24.2. The summed E-state index contributed by atoms with van der Waals surface area (Å²) >= 11 is 0. The lowest BCUT2D eigenvalue weighted by Gasteiger charge is -2.27. The number of nitrogens with one attached hydrogen (secondary N) is 1. The van der Waals surface area contributed by atoms with Crippen LogP contribution in [0.3, 0.4) is 0 Å². The topological polar surface area (TPSA) is 88.1 Å². The Morgan fingerprint density at radius 3 is 2.20 bits per heavy atom. The van der Waals surface area contributed by atoms with Crippen LogP contribution in [0.15, 0.2) is 60.7 Å². The minimum atomic E-state index is -0.875. The highest BCUT2D eigenvalue weighted by atomic mass is 16.6. The molecule has 0 aliphatic carbocycles. The number of amides is 1. The molecule has 2 aliphatic heterocycles. The zero-order chi connectivity index (χ0) is 28.9. The molecule has 0 aromatic heterocycles. The second kappa shape index (κ2) is 12.8. The Morgan fingerprint density at radius 2 is 1.56 bits per heavy atom. The van der Waals surface area contributed by atoms with Gasteiger partial charge >= 0.3 is 5.97 Å². The van der Waals surface area contributed by atoms with Crippen molar-refractivity contribution < 1.29 is 24.2 Å². The number of ether oxygens (including phenoxy) is 2. The Kier molecular flexibility index (Phi) is 8.93. The Bertz CT molecular complexity index is 1360. The summed E-state index contributed by atoms with van der Waals surface area (Å²) in [4.78, 5) is 28.6. The van der Waals surface area contributed by atoms with E-state index in [-0.39, 0.29) is 18.4 Å². The smallest absolute Gasteiger partial charge is 0.309 e. The number of carbonyl (C=O) groups is 2. The van der Waals surface area contributed by atoms with Crippen LogP contribution in [0.4, 0.5) is 5.69 Å². The lowest BCUT2D eigenvalue weighted by Crippen LogP contribution is -2.35. The Balaban J connectivity index is 1.49. The molecule has 7 heteroatoms. The van der Waals surface area contributed by atoms with Crippen molar-refractivity contribution in [2.24, 2.45) is 5.92 Å². The van der Waals surface area contributed by atoms with E-state index in [9.17, 15) is 14.7 Å². The van der Waals surface area contributed by atoms with Crippen molar-refractivity contribution in [2.45, 2.75) is 58.4 Å². The third kappa shape index (κ3) is 6.10. The van der Waals surface area contributed by atoms with Crippen LogP contribution in [0.5, 0.6) is 11.5 Å². The summed E-state index contributed by atoms with van der Waals surface area (Å²) in [6, 6.07) is 19.6. The molecule has 1 fully saturated rings. The molecule has 7 nitrogen and oxygen atoms in total. The summed E-state index contributed by atoms with van der Waals surface area (Å²) in [6.07, 6.45) is 3.63. The van der Waals surface area contributed by atoms with E-state index >= 15 is 0 Å². The van der Waals surface area contributed by atoms with Gasteiger partial charge in [-0.2, -0.15) is 0 Å². The first-order valence-corrected chi connectivity index (χ1v) is 14.8. The number of rotatable bonds is 10. The molecule has 3 aromatic rings. The van der Waals surface area contributed by atoms with E-state index in [0.717, 1.165) is 53.6 Å². The van der Waals surface area contributed by atoms with Gasteiger partial charge in [0.05, 0.1) is 12.5 Å². The van der Waals surface area contributed by atoms with Gasteiger partial charge in [0.15, 0.2) is 11.5 Å². The minimum absolute atomic E-state index is 0.0907. The number of carboxylic acid groups (broad SMARTS) is 1. The number of benzene rings is 3. The summed E-state index contributed by atoms with van der Waals surface area (Å²) in [5.74, 6) is -0.773. The van der Waals surface area contributed by atoms with E-state index in [1.54, 1.807) is 0 Å². The summed E-state index contributed by atoms with van der Waals surface area (Å²) in [5, 5.41) is 13.8. The van der Waals surface area contributed by atoms with Crippen LogP contribution >= 0.6 is 0 Å². The maximum Gasteiger partial charge on any atom is 0.309 e. The van der Waals surface area contributed by atoms with Crippen LogP contribution in [0.1, 0.15) is 67.0 Å². The minimum Gasteiger partial charge on any atom is -0.486 e. The molecular weight excluding hydrogens is 516 g/mol. The van der Waals surface area contributed by atoms with Gasteiger partial charge in [-0.15, -0.1) is 0 Å². The monoisotopic (exact) mass is 556 g/mol. The molecule has 1 amide bonds. The molecule has 41 heavy (non-hydrogen) atoms. The fourth-order valence-corrected chi connectivity index (χ4v) is 6.36. The number of anilines is 1. The predicted molar refractivity (Wildman–Crippen MR) is 160 cm³/mol. The van der Waals surface area contributed by atoms with E-state index in [2.05, 4.69) is 38.2 Å². The average Bonchev–Trinajstić information content (AvgIpc) is 3.36. The van der Waals surface area contributed by atoms with Crippen LogP contribution < -0.4 is 14.8 Å². The third-order valence-electron chi connectivity index (χ3n) is 8.35. The highest BCUT2D eigenvalue weighted by Gasteiger charge is 2.48. The van der Waals surface area contributed by atoms with E-state index < -0.39 is 17.9 Å². The highest BCUT2D eigenvalue weighted by molar-refractivity contribution is 5.94. The van der Waals surface area contributed by atoms with E-state index in [1.807, 2.05) is 53.4 Å². The number of aryl methyl sites for hydroxylation is 3. The number of likely N-dealkylation sites (tertiary alicyclic amines) is 1. The van der Waals surface area contributed by atoms with Gasteiger partial charge in [0.2, 0.25) is 5.91 Å². The first-order valence-electron chi connectivity index (χ1n) is 14.8. The molecule has 0 radical (unpaired) electrons. The molecule has 0 saturated carbocycles. The summed E-state index contributed by atoms with van der Waals surface area (Å²) in [6.45, 7) is 7.78. The van der Waals surface area contributed by atoms with Crippen LogP contribution in [0.2, 0.25) is 0 Å². The SMILES string of the molecule is CCCc1ccc([C@H]2C(C(=O)O)[C@@H](c3ccc4c(c3)OCCO4)CN2CC(=O)Nc2c(CC)cccc2CC)cc1. The lowest BCUT2D eigenvalue weighted by molar-refractivity contribution is -0.143. The van der Waals surface area contributed by atoms with Crippen molar-refractivity contribution in [2.75, 3.05) is 31.6 Å². The van der Waals surface area contributed by atoms with Crippen molar-refractivity contribution in [3.63, 3.8) is 0 Å². The lowest BCUT2D eigenvalue weighted by atomic mass is 9.82. The van der Waals surface area contributed by atoms with E-state index in [4.69, 9.17) is 9.47 Å². The van der Waals surface area contributed by atoms with E-state index in [1.165, 1.54) is 5.56 Å². The average molecular weight is 557 g/mol. The first kappa shape index (κ1) is 28.7. The van der Waals surface area contributed by atoms with E-state index in [0.29, 0.717) is 31.3 Å². The van der Waals surface area contributed by atoms with Gasteiger partial charge in [-0.3, -0.25) is 14.5 Å². The maximum absolute atomic E-state index is 13.6. The molecule has 3 atom stereocenters. The molecule has 2 N–H and O–H groups in total. The van der Waals surface area contributed by atoms with Gasteiger partial charge in [0.25, 0.3) is 0 Å². The number of carboxylic acids is 1. The van der Waals surface area contributed by atoms with Crippen LogP contribution in [-0.2, 0) is 28.9 Å². The predicted octanol–water partition coefficient (Wildman–Crippen LogP) is 6.02. The molecule has 1 unspecified atom stereocenters. The molecule has 2 heterocycles. The number of nitrogens with zero attached hydrogens (tertiary/aromatic N) is 1. The molecule has 0 spiro atoms. The van der Waals surface area contributed by atoms with Crippen molar-refractivity contribution in [1.29, 1.82) is 0 Å². The number of fused-ring (bicyclic) bond motifs is 1. The largest absolute Gasteiger partial charge is 0.486 e. The fourth-order valence-electron chi connectivity index (χ4n) is 6.36. The van der Waals surface area contributed by atoms with Crippen molar-refractivity contribution in [1.82, 2.24) is 4.90 Å². The number of hydrogen-bond donors (Lipinski definition) is 2. The van der Waals surface area contributed by atoms with Gasteiger partial charge in [-0.1, -0.05) is 75.7 Å². The summed E-state index contributed by atoms with van der Waals surface area (Å²) < 4.78 is 11.5. The molecule has 3 aromatic carbocycles. The molecule has 216 valence electrons. The Hall–Kier alpha value is -3.84. The van der Waals surface area contributed by atoms with Crippen LogP contribution in [-0.4, -0.2) is 48.2 Å². The summed E-state index contributed by atoms with van der Waals surface area (Å²) in [7, 11) is 0. The van der Waals surface area contributed by atoms with Crippen molar-refractivity contribution in [3.8, 4) is 11.5 Å². The van der Waals surface area contributed by atoms with Gasteiger partial charge in [0.1, 0.15) is 13.2 Å². The number of carbonyl (C=O) groups excluding carboxylic acids is 1. The molecular formula is C34H40N2O5. The normalized spacial score (nSPS) is 20.1. The van der Waals surface area contributed by atoms with Crippen LogP contribution in [0, 0.1) is 5.92 Å². The quantitative estimate of drug-likeness (QED) is 0.318. The molecule has 1 saturated heterocycles. The van der Waals surface area contributed by atoms with Gasteiger partial charge in [0, 0.05) is 24.2 Å². The second-order valence-electron chi connectivity index (χ2n) is 10.9. The third-order valence-corrected chi connectivity index (χ3v) is 8.35. The van der Waals surface area contributed by atoms with Crippen LogP contribution in [0.25, 0.3) is 0 Å². The van der Waals surface area contributed by atoms with Crippen molar-refractivity contribution >= 4 is 17.6 Å². The summed E-state index contributed by atoms with van der Waals surface area (Å²) in [5.41, 5.74) is 6.08. The van der Waals surface area contributed by atoms with Gasteiger partial charge < -0.3 is 19.9 Å². The number of aliphatic carboxylic acids is 1. The Labute approximate surface area is 242 Å². The first-order chi connectivity index (χ1) is 19.9. The van der Waals surface area contributed by atoms with Crippen molar-refractivity contribution in [3.05, 3.63) is 88.5 Å². The molecule has 5 rings (SSSR count). The van der Waals surface area contributed by atoms with Gasteiger partial charge in [-0.25, -0.2) is 0 Å². The number of para-hydroxylation sites is 1. The zero-order valence-corrected chi connectivity index (χ0v) is 24.2.